The number of halogens is 1. The maximum absolute atomic E-state index is 12.5. The van der Waals surface area contributed by atoms with E-state index in [1.807, 2.05) is 12.1 Å². The molecule has 2 amide bonds. The Morgan fingerprint density at radius 1 is 1.22 bits per heavy atom. The van der Waals surface area contributed by atoms with Crippen molar-refractivity contribution in [2.24, 2.45) is 0 Å². The Morgan fingerprint density at radius 2 is 1.91 bits per heavy atom. The molecule has 0 saturated heterocycles. The number of anilines is 1. The van der Waals surface area contributed by atoms with E-state index in [9.17, 15) is 9.59 Å². The highest BCUT2D eigenvalue weighted by molar-refractivity contribution is 6.30. The molecule has 5 nitrogen and oxygen atoms in total. The third-order valence-corrected chi connectivity index (χ3v) is 3.93. The van der Waals surface area contributed by atoms with Crippen LogP contribution in [0.5, 0.6) is 5.75 Å². The zero-order valence-electron chi connectivity index (χ0n) is 12.4. The Labute approximate surface area is 138 Å². The molecule has 0 fully saturated rings. The van der Waals surface area contributed by atoms with Gasteiger partial charge in [-0.3, -0.25) is 9.59 Å². The Bertz CT molecular complexity index is 761. The number of ether oxygens (including phenoxy) is 1. The molecule has 1 heterocycles. The minimum absolute atomic E-state index is 0.282. The number of nitrogens with one attached hydrogen (secondary N) is 2. The summed E-state index contributed by atoms with van der Waals surface area (Å²) in [4.78, 5) is 24.7. The third kappa shape index (κ3) is 3.00. The van der Waals surface area contributed by atoms with Crippen LogP contribution in [-0.4, -0.2) is 17.4 Å². The lowest BCUT2D eigenvalue weighted by Crippen LogP contribution is -2.58. The van der Waals surface area contributed by atoms with Gasteiger partial charge in [-0.05, 0) is 36.8 Å². The molecule has 0 aromatic heterocycles. The lowest BCUT2D eigenvalue weighted by Gasteiger charge is -2.33. The van der Waals surface area contributed by atoms with Gasteiger partial charge in [0.05, 0.1) is 5.69 Å². The van der Waals surface area contributed by atoms with Gasteiger partial charge < -0.3 is 15.4 Å². The van der Waals surface area contributed by atoms with Crippen molar-refractivity contribution in [1.82, 2.24) is 5.32 Å². The van der Waals surface area contributed by atoms with Gasteiger partial charge in [0.15, 0.2) is 0 Å². The predicted molar refractivity (Wildman–Crippen MR) is 87.4 cm³/mol. The SMILES string of the molecule is CC1(C(=O)NCc2ccc(Cl)cc2)Oc2ccccc2NC1=O. The second kappa shape index (κ2) is 5.93. The molecule has 1 aliphatic heterocycles. The molecule has 118 valence electrons. The normalized spacial score (nSPS) is 19.3. The molecule has 2 aromatic carbocycles. The average molecular weight is 331 g/mol. The van der Waals surface area contributed by atoms with Crippen LogP contribution in [0.15, 0.2) is 48.5 Å². The number of amides is 2. The summed E-state index contributed by atoms with van der Waals surface area (Å²) in [7, 11) is 0. The van der Waals surface area contributed by atoms with Crippen molar-refractivity contribution in [1.29, 1.82) is 0 Å². The molecule has 1 aliphatic rings. The fourth-order valence-corrected chi connectivity index (χ4v) is 2.40. The summed E-state index contributed by atoms with van der Waals surface area (Å²) >= 11 is 5.82. The van der Waals surface area contributed by atoms with Gasteiger partial charge in [0.25, 0.3) is 17.4 Å². The molecule has 0 aliphatic carbocycles. The largest absolute Gasteiger partial charge is 0.466 e. The summed E-state index contributed by atoms with van der Waals surface area (Å²) in [5, 5.41) is 6.04. The molecule has 0 radical (unpaired) electrons. The quantitative estimate of drug-likeness (QED) is 0.850. The van der Waals surface area contributed by atoms with Crippen molar-refractivity contribution in [2.45, 2.75) is 19.1 Å². The van der Waals surface area contributed by atoms with E-state index in [0.717, 1.165) is 5.56 Å². The van der Waals surface area contributed by atoms with E-state index in [2.05, 4.69) is 10.6 Å². The molecule has 3 rings (SSSR count). The van der Waals surface area contributed by atoms with Crippen molar-refractivity contribution in [3.63, 3.8) is 0 Å². The van der Waals surface area contributed by atoms with Crippen molar-refractivity contribution in [2.75, 3.05) is 5.32 Å². The van der Waals surface area contributed by atoms with Gasteiger partial charge in [-0.1, -0.05) is 35.9 Å². The number of benzene rings is 2. The highest BCUT2D eigenvalue weighted by atomic mass is 35.5. The van der Waals surface area contributed by atoms with Crippen molar-refractivity contribution >= 4 is 29.1 Å². The number of hydrogen-bond donors (Lipinski definition) is 2. The van der Waals surface area contributed by atoms with Crippen LogP contribution < -0.4 is 15.4 Å². The summed E-state index contributed by atoms with van der Waals surface area (Å²) < 4.78 is 5.66. The van der Waals surface area contributed by atoms with E-state index in [-0.39, 0.29) is 6.54 Å². The maximum Gasteiger partial charge on any atom is 0.278 e. The smallest absolute Gasteiger partial charge is 0.278 e. The number of para-hydroxylation sites is 2. The Morgan fingerprint density at radius 3 is 2.65 bits per heavy atom. The van der Waals surface area contributed by atoms with Gasteiger partial charge >= 0.3 is 0 Å². The van der Waals surface area contributed by atoms with Crippen LogP contribution in [0.1, 0.15) is 12.5 Å². The van der Waals surface area contributed by atoms with Crippen LogP contribution in [0, 0.1) is 0 Å². The number of rotatable bonds is 3. The number of hydrogen-bond acceptors (Lipinski definition) is 3. The molecular formula is C17H15ClN2O3. The Balaban J connectivity index is 1.73. The summed E-state index contributed by atoms with van der Waals surface area (Å²) in [6, 6.07) is 14.1. The lowest BCUT2D eigenvalue weighted by molar-refractivity contribution is -0.146. The van der Waals surface area contributed by atoms with Crippen LogP contribution in [-0.2, 0) is 16.1 Å². The molecular weight excluding hydrogens is 316 g/mol. The van der Waals surface area contributed by atoms with Crippen molar-refractivity contribution < 1.29 is 14.3 Å². The molecule has 2 aromatic rings. The molecule has 0 bridgehead atoms. The van der Waals surface area contributed by atoms with Gasteiger partial charge in [-0.25, -0.2) is 0 Å². The van der Waals surface area contributed by atoms with E-state index in [1.54, 1.807) is 36.4 Å². The van der Waals surface area contributed by atoms with Gasteiger partial charge in [0.1, 0.15) is 5.75 Å². The average Bonchev–Trinajstić information content (AvgIpc) is 2.55. The second-order valence-electron chi connectivity index (χ2n) is 5.39. The van der Waals surface area contributed by atoms with E-state index in [0.29, 0.717) is 16.5 Å². The summed E-state index contributed by atoms with van der Waals surface area (Å²) in [6.45, 7) is 1.74. The first-order chi connectivity index (χ1) is 11.0. The first-order valence-corrected chi connectivity index (χ1v) is 7.49. The zero-order valence-corrected chi connectivity index (χ0v) is 13.2. The summed E-state index contributed by atoms with van der Waals surface area (Å²) in [5.41, 5.74) is -0.177. The lowest BCUT2D eigenvalue weighted by atomic mass is 10.0. The molecule has 0 saturated carbocycles. The van der Waals surface area contributed by atoms with Crippen LogP contribution in [0.2, 0.25) is 5.02 Å². The van der Waals surface area contributed by atoms with E-state index >= 15 is 0 Å². The highest BCUT2D eigenvalue weighted by Crippen LogP contribution is 2.33. The molecule has 23 heavy (non-hydrogen) atoms. The van der Waals surface area contributed by atoms with Crippen molar-refractivity contribution in [3.05, 3.63) is 59.1 Å². The van der Waals surface area contributed by atoms with E-state index in [4.69, 9.17) is 16.3 Å². The minimum Gasteiger partial charge on any atom is -0.466 e. The van der Waals surface area contributed by atoms with Crippen LogP contribution in [0.4, 0.5) is 5.69 Å². The highest BCUT2D eigenvalue weighted by Gasteiger charge is 2.47. The standard InChI is InChI=1S/C17H15ClN2O3/c1-17(15(21)19-10-11-6-8-12(18)9-7-11)16(22)20-13-4-2-3-5-14(13)23-17/h2-9H,10H2,1H3,(H,19,21)(H,20,22). The Kier molecular flexibility index (Phi) is 3.96. The number of carbonyl (C=O) groups is 2. The van der Waals surface area contributed by atoms with Gasteiger partial charge in [-0.15, -0.1) is 0 Å². The monoisotopic (exact) mass is 330 g/mol. The summed E-state index contributed by atoms with van der Waals surface area (Å²) in [5.74, 6) is -0.527. The van der Waals surface area contributed by atoms with Crippen LogP contribution in [0.3, 0.4) is 0 Å². The molecule has 0 spiro atoms. The maximum atomic E-state index is 12.5. The Hall–Kier alpha value is -2.53. The van der Waals surface area contributed by atoms with Gasteiger partial charge in [0.2, 0.25) is 0 Å². The fraction of sp³-hybridized carbons (Fsp3) is 0.176. The topological polar surface area (TPSA) is 67.4 Å². The first kappa shape index (κ1) is 15.4. The number of fused-ring (bicyclic) bond motifs is 1. The van der Waals surface area contributed by atoms with Gasteiger partial charge in [0, 0.05) is 11.6 Å². The van der Waals surface area contributed by atoms with E-state index < -0.39 is 17.4 Å². The van der Waals surface area contributed by atoms with Crippen molar-refractivity contribution in [3.8, 4) is 5.75 Å². The van der Waals surface area contributed by atoms with Crippen LogP contribution >= 0.6 is 11.6 Å². The first-order valence-electron chi connectivity index (χ1n) is 7.11. The molecule has 1 unspecified atom stereocenters. The second-order valence-corrected chi connectivity index (χ2v) is 5.83. The zero-order chi connectivity index (χ0) is 16.4. The molecule has 1 atom stereocenters. The molecule has 6 heteroatoms. The van der Waals surface area contributed by atoms with Gasteiger partial charge in [-0.2, -0.15) is 0 Å². The predicted octanol–water partition coefficient (Wildman–Crippen LogP) is 2.75. The third-order valence-electron chi connectivity index (χ3n) is 3.68. The number of carbonyl (C=O) groups excluding carboxylic acids is 2. The van der Waals surface area contributed by atoms with Crippen LogP contribution in [0.25, 0.3) is 0 Å². The molecule has 2 N–H and O–H groups in total. The fourth-order valence-electron chi connectivity index (χ4n) is 2.27. The summed E-state index contributed by atoms with van der Waals surface area (Å²) in [6.07, 6.45) is 0. The van der Waals surface area contributed by atoms with E-state index in [1.165, 1.54) is 6.92 Å². The minimum atomic E-state index is -1.61.